The van der Waals surface area contributed by atoms with E-state index in [2.05, 4.69) is 17.1 Å². The van der Waals surface area contributed by atoms with Crippen LogP contribution in [0, 0.1) is 11.3 Å². The normalized spacial score (nSPS) is 13.6. The van der Waals surface area contributed by atoms with Crippen molar-refractivity contribution in [3.8, 4) is 23.1 Å². The number of aryl methyl sites for hydroxylation is 1. The Morgan fingerprint density at radius 3 is 3.18 bits per heavy atom. The molecule has 0 N–H and O–H groups in total. The first-order valence-electron chi connectivity index (χ1n) is 5.48. The number of ether oxygens (including phenoxy) is 1. The molecule has 3 nitrogen and oxygen atoms in total. The fourth-order valence-corrected chi connectivity index (χ4v) is 2.59. The highest BCUT2D eigenvalue weighted by atomic mass is 32.1. The molecule has 84 valence electrons. The molecule has 1 aromatic heterocycles. The lowest BCUT2D eigenvalue weighted by Crippen LogP contribution is -2.08. The number of aromatic nitrogens is 1. The van der Waals surface area contributed by atoms with Crippen molar-refractivity contribution in [3.05, 3.63) is 34.2 Å². The number of fused-ring (bicyclic) bond motifs is 1. The van der Waals surface area contributed by atoms with E-state index in [1.807, 2.05) is 17.5 Å². The van der Waals surface area contributed by atoms with Gasteiger partial charge < -0.3 is 4.74 Å². The predicted molar refractivity (Wildman–Crippen MR) is 66.1 cm³/mol. The van der Waals surface area contributed by atoms with Gasteiger partial charge in [0, 0.05) is 10.9 Å². The molecule has 1 aromatic carbocycles. The van der Waals surface area contributed by atoms with Gasteiger partial charge in [0.15, 0.2) is 5.01 Å². The van der Waals surface area contributed by atoms with E-state index in [4.69, 9.17) is 10.00 Å². The fourth-order valence-electron chi connectivity index (χ4n) is 1.98. The van der Waals surface area contributed by atoms with Crippen LogP contribution in [0.3, 0.4) is 0 Å². The van der Waals surface area contributed by atoms with E-state index in [0.29, 0.717) is 5.01 Å². The molecule has 0 unspecified atom stereocenters. The zero-order valence-electron chi connectivity index (χ0n) is 9.14. The minimum atomic E-state index is 0.508. The van der Waals surface area contributed by atoms with Gasteiger partial charge in [0.25, 0.3) is 0 Å². The molecule has 3 rings (SSSR count). The van der Waals surface area contributed by atoms with E-state index < -0.39 is 0 Å². The van der Waals surface area contributed by atoms with Gasteiger partial charge in [-0.25, -0.2) is 4.98 Å². The molecule has 0 atom stereocenters. The number of nitriles is 1. The molecule has 1 aliphatic heterocycles. The molecule has 0 fully saturated rings. The van der Waals surface area contributed by atoms with E-state index >= 15 is 0 Å². The van der Waals surface area contributed by atoms with Gasteiger partial charge in [-0.05, 0) is 36.6 Å². The maximum absolute atomic E-state index is 8.77. The third-order valence-electron chi connectivity index (χ3n) is 2.80. The Morgan fingerprint density at radius 1 is 1.41 bits per heavy atom. The van der Waals surface area contributed by atoms with Gasteiger partial charge in [-0.1, -0.05) is 0 Å². The smallest absolute Gasteiger partial charge is 0.194 e. The van der Waals surface area contributed by atoms with Crippen molar-refractivity contribution in [2.24, 2.45) is 0 Å². The quantitative estimate of drug-likeness (QED) is 0.772. The first-order valence-corrected chi connectivity index (χ1v) is 6.36. The van der Waals surface area contributed by atoms with Crippen molar-refractivity contribution in [1.82, 2.24) is 4.98 Å². The largest absolute Gasteiger partial charge is 0.493 e. The van der Waals surface area contributed by atoms with Crippen LogP contribution in [0.15, 0.2) is 23.6 Å². The van der Waals surface area contributed by atoms with Crippen LogP contribution in [-0.4, -0.2) is 11.6 Å². The molecule has 4 heteroatoms. The van der Waals surface area contributed by atoms with Crippen LogP contribution in [0.1, 0.15) is 17.0 Å². The summed E-state index contributed by atoms with van der Waals surface area (Å²) in [5.41, 5.74) is 3.17. The van der Waals surface area contributed by atoms with Gasteiger partial charge in [-0.15, -0.1) is 11.3 Å². The summed E-state index contributed by atoms with van der Waals surface area (Å²) in [4.78, 5) is 4.26. The number of thiazole rings is 1. The number of hydrogen-bond acceptors (Lipinski definition) is 4. The lowest BCUT2D eigenvalue weighted by molar-refractivity contribution is 0.288. The monoisotopic (exact) mass is 242 g/mol. The first kappa shape index (κ1) is 10.3. The van der Waals surface area contributed by atoms with Crippen molar-refractivity contribution in [2.45, 2.75) is 12.8 Å². The number of benzene rings is 1. The molecule has 0 saturated heterocycles. The molecule has 17 heavy (non-hydrogen) atoms. The van der Waals surface area contributed by atoms with Gasteiger partial charge in [0.2, 0.25) is 0 Å². The molecule has 0 aliphatic carbocycles. The number of hydrogen-bond donors (Lipinski definition) is 0. The van der Waals surface area contributed by atoms with Gasteiger partial charge >= 0.3 is 0 Å². The van der Waals surface area contributed by atoms with Crippen LogP contribution < -0.4 is 4.74 Å². The average molecular weight is 242 g/mol. The van der Waals surface area contributed by atoms with E-state index in [0.717, 1.165) is 36.5 Å². The molecule has 2 aromatic rings. The summed E-state index contributed by atoms with van der Waals surface area (Å²) in [7, 11) is 0. The van der Waals surface area contributed by atoms with Gasteiger partial charge in [0.05, 0.1) is 12.3 Å². The molecular weight excluding hydrogens is 232 g/mol. The first-order chi connectivity index (χ1) is 8.36. The summed E-state index contributed by atoms with van der Waals surface area (Å²) in [6, 6.07) is 8.17. The summed E-state index contributed by atoms with van der Waals surface area (Å²) in [6.45, 7) is 0.807. The van der Waals surface area contributed by atoms with Crippen LogP contribution >= 0.6 is 11.3 Å². The molecule has 0 amide bonds. The summed E-state index contributed by atoms with van der Waals surface area (Å²) in [6.07, 6.45) is 2.12. The Kier molecular flexibility index (Phi) is 2.54. The molecule has 1 aliphatic rings. The maximum atomic E-state index is 8.77. The van der Waals surface area contributed by atoms with Crippen LogP contribution in [0.2, 0.25) is 0 Å². The highest BCUT2D eigenvalue weighted by Gasteiger charge is 2.12. The summed E-state index contributed by atoms with van der Waals surface area (Å²) < 4.78 is 5.57. The van der Waals surface area contributed by atoms with Gasteiger partial charge in [-0.2, -0.15) is 5.26 Å². The molecule has 0 saturated carbocycles. The number of rotatable bonds is 1. The van der Waals surface area contributed by atoms with E-state index in [-0.39, 0.29) is 0 Å². The second kappa shape index (κ2) is 4.19. The zero-order chi connectivity index (χ0) is 11.7. The molecule has 0 radical (unpaired) electrons. The lowest BCUT2D eigenvalue weighted by Gasteiger charge is -2.17. The highest BCUT2D eigenvalue weighted by molar-refractivity contribution is 7.10. The van der Waals surface area contributed by atoms with Crippen molar-refractivity contribution in [1.29, 1.82) is 5.26 Å². The Bertz CT molecular complexity index is 598. The molecule has 0 bridgehead atoms. The van der Waals surface area contributed by atoms with Crippen LogP contribution in [0.4, 0.5) is 0 Å². The van der Waals surface area contributed by atoms with E-state index in [9.17, 15) is 0 Å². The molecule has 2 heterocycles. The fraction of sp³-hybridized carbons (Fsp3) is 0.231. The third kappa shape index (κ3) is 1.90. The van der Waals surface area contributed by atoms with Crippen molar-refractivity contribution < 1.29 is 4.74 Å². The van der Waals surface area contributed by atoms with Crippen LogP contribution in [-0.2, 0) is 6.42 Å². The zero-order valence-corrected chi connectivity index (χ0v) is 9.96. The Balaban J connectivity index is 2.01. The Morgan fingerprint density at radius 2 is 2.35 bits per heavy atom. The van der Waals surface area contributed by atoms with Gasteiger partial charge in [0.1, 0.15) is 11.8 Å². The number of nitrogens with zero attached hydrogens (tertiary/aromatic N) is 2. The lowest BCUT2D eigenvalue weighted by atomic mass is 10.0. The standard InChI is InChI=1S/C13H10N2OS/c14-7-13-15-11(8-17-13)9-3-4-12-10(6-9)2-1-5-16-12/h3-4,6,8H,1-2,5H2. The molecule has 0 spiro atoms. The predicted octanol–water partition coefficient (Wildman–Crippen LogP) is 3.01. The van der Waals surface area contributed by atoms with E-state index in [1.54, 1.807) is 0 Å². The second-order valence-corrected chi connectivity index (χ2v) is 4.78. The van der Waals surface area contributed by atoms with Crippen LogP contribution in [0.25, 0.3) is 11.3 Å². The van der Waals surface area contributed by atoms with Crippen LogP contribution in [0.5, 0.6) is 5.75 Å². The van der Waals surface area contributed by atoms with E-state index in [1.165, 1.54) is 16.9 Å². The minimum Gasteiger partial charge on any atom is -0.493 e. The minimum absolute atomic E-state index is 0.508. The van der Waals surface area contributed by atoms with Gasteiger partial charge in [-0.3, -0.25) is 0 Å². The summed E-state index contributed by atoms with van der Waals surface area (Å²) in [5.74, 6) is 0.982. The summed E-state index contributed by atoms with van der Waals surface area (Å²) >= 11 is 1.38. The van der Waals surface area contributed by atoms with Crippen molar-refractivity contribution >= 4 is 11.3 Å². The highest BCUT2D eigenvalue weighted by Crippen LogP contribution is 2.30. The SMILES string of the molecule is N#Cc1nc(-c2ccc3c(c2)CCCO3)cs1. The van der Waals surface area contributed by atoms with Crippen molar-refractivity contribution in [2.75, 3.05) is 6.61 Å². The average Bonchev–Trinajstić information content (AvgIpc) is 2.87. The summed E-state index contributed by atoms with van der Waals surface area (Å²) in [5, 5.41) is 11.2. The molecular formula is C13H10N2OS. The maximum Gasteiger partial charge on any atom is 0.194 e. The second-order valence-electron chi connectivity index (χ2n) is 3.92. The third-order valence-corrected chi connectivity index (χ3v) is 3.55. The topological polar surface area (TPSA) is 45.9 Å². The van der Waals surface area contributed by atoms with Crippen molar-refractivity contribution in [3.63, 3.8) is 0 Å². The Labute approximate surface area is 103 Å². The Hall–Kier alpha value is -1.86.